The van der Waals surface area contributed by atoms with Gasteiger partial charge in [-0.25, -0.2) is 0 Å². The molecule has 0 unspecified atom stereocenters. The normalized spacial score (nSPS) is 15.8. The van der Waals surface area contributed by atoms with Gasteiger partial charge >= 0.3 is 0 Å². The topological polar surface area (TPSA) is 17.1 Å². The SMILES string of the molecule is O=Cc1sc2c(Cl)cccc2c1C1CC1. The van der Waals surface area contributed by atoms with Crippen molar-refractivity contribution in [2.24, 2.45) is 0 Å². The Bertz CT molecular complexity index is 540. The van der Waals surface area contributed by atoms with Crippen molar-refractivity contribution < 1.29 is 4.79 Å². The zero-order valence-corrected chi connectivity index (χ0v) is 9.57. The van der Waals surface area contributed by atoms with Gasteiger partial charge in [0.05, 0.1) is 14.6 Å². The summed E-state index contributed by atoms with van der Waals surface area (Å²) in [5, 5.41) is 1.93. The van der Waals surface area contributed by atoms with E-state index in [9.17, 15) is 4.79 Å². The summed E-state index contributed by atoms with van der Waals surface area (Å²) in [4.78, 5) is 11.9. The predicted molar refractivity (Wildman–Crippen MR) is 64.2 cm³/mol. The molecule has 2 aromatic rings. The first-order valence-electron chi connectivity index (χ1n) is 4.97. The monoisotopic (exact) mass is 236 g/mol. The van der Waals surface area contributed by atoms with Crippen LogP contribution in [0.1, 0.15) is 34.0 Å². The molecule has 0 saturated heterocycles. The van der Waals surface area contributed by atoms with E-state index in [1.807, 2.05) is 12.1 Å². The molecule has 3 heteroatoms. The summed E-state index contributed by atoms with van der Waals surface area (Å²) in [5.41, 5.74) is 1.23. The average Bonchev–Trinajstić information content (AvgIpc) is 3.00. The first kappa shape index (κ1) is 9.37. The van der Waals surface area contributed by atoms with Crippen molar-refractivity contribution >= 4 is 39.3 Å². The van der Waals surface area contributed by atoms with Gasteiger partial charge in [0.25, 0.3) is 0 Å². The number of benzene rings is 1. The largest absolute Gasteiger partial charge is 0.297 e. The van der Waals surface area contributed by atoms with Gasteiger partial charge in [-0.15, -0.1) is 11.3 Å². The molecular formula is C12H9ClOS. The lowest BCUT2D eigenvalue weighted by Gasteiger charge is -1.97. The summed E-state index contributed by atoms with van der Waals surface area (Å²) in [6.45, 7) is 0. The summed E-state index contributed by atoms with van der Waals surface area (Å²) in [6, 6.07) is 5.90. The second kappa shape index (κ2) is 3.32. The lowest BCUT2D eigenvalue weighted by Crippen LogP contribution is -1.82. The van der Waals surface area contributed by atoms with Crippen LogP contribution in [-0.4, -0.2) is 6.29 Å². The maximum atomic E-state index is 11.0. The average molecular weight is 237 g/mol. The van der Waals surface area contributed by atoms with E-state index in [4.69, 9.17) is 11.6 Å². The highest BCUT2D eigenvalue weighted by Crippen LogP contribution is 2.48. The predicted octanol–water partition coefficient (Wildman–Crippen LogP) is 4.24. The lowest BCUT2D eigenvalue weighted by atomic mass is 10.1. The van der Waals surface area contributed by atoms with Crippen molar-refractivity contribution in [2.75, 3.05) is 0 Å². The van der Waals surface area contributed by atoms with Gasteiger partial charge in [0.2, 0.25) is 0 Å². The highest BCUT2D eigenvalue weighted by Gasteiger charge is 2.29. The number of fused-ring (bicyclic) bond motifs is 1. The third-order valence-corrected chi connectivity index (χ3v) is 4.43. The number of aldehydes is 1. The molecule has 1 aromatic heterocycles. The van der Waals surface area contributed by atoms with Gasteiger partial charge in [-0.1, -0.05) is 23.7 Å². The van der Waals surface area contributed by atoms with Crippen LogP contribution in [-0.2, 0) is 0 Å². The molecule has 15 heavy (non-hydrogen) atoms. The summed E-state index contributed by atoms with van der Waals surface area (Å²) in [5.74, 6) is 0.595. The minimum absolute atomic E-state index is 0.595. The van der Waals surface area contributed by atoms with Crippen LogP contribution in [0.3, 0.4) is 0 Å². The van der Waals surface area contributed by atoms with Crippen LogP contribution >= 0.6 is 22.9 Å². The third kappa shape index (κ3) is 1.40. The molecule has 1 aromatic carbocycles. The first-order chi connectivity index (χ1) is 7.31. The van der Waals surface area contributed by atoms with E-state index in [1.54, 1.807) is 0 Å². The number of carbonyl (C=O) groups is 1. The Balaban J connectivity index is 2.38. The summed E-state index contributed by atoms with van der Waals surface area (Å²) in [7, 11) is 0. The number of hydrogen-bond donors (Lipinski definition) is 0. The smallest absolute Gasteiger partial charge is 0.160 e. The highest BCUT2D eigenvalue weighted by atomic mass is 35.5. The molecule has 0 atom stereocenters. The second-order valence-electron chi connectivity index (χ2n) is 3.89. The maximum absolute atomic E-state index is 11.0. The highest BCUT2D eigenvalue weighted by molar-refractivity contribution is 7.21. The Labute approximate surface area is 96.7 Å². The molecule has 76 valence electrons. The number of rotatable bonds is 2. The van der Waals surface area contributed by atoms with E-state index in [1.165, 1.54) is 35.1 Å². The Morgan fingerprint density at radius 1 is 1.40 bits per heavy atom. The number of thiophene rings is 1. The van der Waals surface area contributed by atoms with Gasteiger partial charge in [-0.05, 0) is 35.8 Å². The van der Waals surface area contributed by atoms with Crippen molar-refractivity contribution in [3.63, 3.8) is 0 Å². The molecule has 1 fully saturated rings. The van der Waals surface area contributed by atoms with Crippen LogP contribution in [0.5, 0.6) is 0 Å². The summed E-state index contributed by atoms with van der Waals surface area (Å²) >= 11 is 7.64. The van der Waals surface area contributed by atoms with Crippen LogP contribution in [0.4, 0.5) is 0 Å². The molecule has 1 nitrogen and oxygen atoms in total. The van der Waals surface area contributed by atoms with Gasteiger partial charge in [0.1, 0.15) is 0 Å². The molecule has 0 aliphatic heterocycles. The van der Waals surface area contributed by atoms with E-state index in [0.717, 1.165) is 20.9 Å². The quantitative estimate of drug-likeness (QED) is 0.713. The van der Waals surface area contributed by atoms with Crippen molar-refractivity contribution in [1.29, 1.82) is 0 Å². The maximum Gasteiger partial charge on any atom is 0.160 e. The van der Waals surface area contributed by atoms with Crippen LogP contribution in [0, 0.1) is 0 Å². The molecule has 3 rings (SSSR count). The van der Waals surface area contributed by atoms with E-state index in [2.05, 4.69) is 6.07 Å². The Hall–Kier alpha value is -0.860. The molecule has 1 saturated carbocycles. The van der Waals surface area contributed by atoms with Crippen molar-refractivity contribution in [3.8, 4) is 0 Å². The zero-order valence-electron chi connectivity index (χ0n) is 8.00. The number of halogens is 1. The van der Waals surface area contributed by atoms with Crippen LogP contribution in [0.15, 0.2) is 18.2 Å². The van der Waals surface area contributed by atoms with E-state index in [0.29, 0.717) is 5.92 Å². The van der Waals surface area contributed by atoms with Gasteiger partial charge in [0.15, 0.2) is 6.29 Å². The van der Waals surface area contributed by atoms with Crippen LogP contribution < -0.4 is 0 Å². The van der Waals surface area contributed by atoms with Crippen LogP contribution in [0.25, 0.3) is 10.1 Å². The second-order valence-corrected chi connectivity index (χ2v) is 5.35. The van der Waals surface area contributed by atoms with Gasteiger partial charge in [-0.3, -0.25) is 4.79 Å². The zero-order chi connectivity index (χ0) is 10.4. The molecule has 0 spiro atoms. The van der Waals surface area contributed by atoms with E-state index < -0.39 is 0 Å². The van der Waals surface area contributed by atoms with Crippen LogP contribution in [0.2, 0.25) is 5.02 Å². The number of hydrogen-bond acceptors (Lipinski definition) is 2. The molecule has 1 heterocycles. The van der Waals surface area contributed by atoms with Gasteiger partial charge < -0.3 is 0 Å². The van der Waals surface area contributed by atoms with Gasteiger partial charge in [-0.2, -0.15) is 0 Å². The lowest BCUT2D eigenvalue weighted by molar-refractivity contribution is 0.112. The molecule has 1 aliphatic rings. The Kier molecular flexibility index (Phi) is 2.08. The van der Waals surface area contributed by atoms with Crippen molar-refractivity contribution in [1.82, 2.24) is 0 Å². The van der Waals surface area contributed by atoms with E-state index in [-0.39, 0.29) is 0 Å². The minimum atomic E-state index is 0.595. The third-order valence-electron chi connectivity index (χ3n) is 2.83. The standard InChI is InChI=1S/C12H9ClOS/c13-9-3-1-2-8-11(7-4-5-7)10(6-14)15-12(8)9/h1-3,6-7H,4-5H2. The molecule has 0 radical (unpaired) electrons. The molecule has 0 bridgehead atoms. The summed E-state index contributed by atoms with van der Waals surface area (Å²) < 4.78 is 1.06. The fourth-order valence-electron chi connectivity index (χ4n) is 2.00. The summed E-state index contributed by atoms with van der Waals surface area (Å²) in [6.07, 6.45) is 3.38. The van der Waals surface area contributed by atoms with E-state index >= 15 is 0 Å². The first-order valence-corrected chi connectivity index (χ1v) is 6.17. The fraction of sp³-hybridized carbons (Fsp3) is 0.250. The van der Waals surface area contributed by atoms with Gasteiger partial charge in [0, 0.05) is 0 Å². The fourth-order valence-corrected chi connectivity index (χ4v) is 3.40. The van der Waals surface area contributed by atoms with Crippen molar-refractivity contribution in [2.45, 2.75) is 18.8 Å². The Morgan fingerprint density at radius 2 is 2.20 bits per heavy atom. The molecule has 0 N–H and O–H groups in total. The number of carbonyl (C=O) groups excluding carboxylic acids is 1. The molecular weight excluding hydrogens is 228 g/mol. The molecule has 0 amide bonds. The minimum Gasteiger partial charge on any atom is -0.297 e. The van der Waals surface area contributed by atoms with Crippen molar-refractivity contribution in [3.05, 3.63) is 33.7 Å². The Morgan fingerprint density at radius 3 is 2.87 bits per heavy atom. The molecule has 1 aliphatic carbocycles.